The van der Waals surface area contributed by atoms with Gasteiger partial charge in [-0.3, -0.25) is 9.36 Å². The minimum atomic E-state index is -4.87. The molecular formula is C19H13BrF3N3O6. The Morgan fingerprint density at radius 3 is 2.50 bits per heavy atom. The topological polar surface area (TPSA) is 113 Å². The maximum absolute atomic E-state index is 13.0. The fourth-order valence-corrected chi connectivity index (χ4v) is 2.94. The molecule has 2 heterocycles. The number of carboxylic acids is 1. The highest BCUT2D eigenvalue weighted by Crippen LogP contribution is 2.31. The Morgan fingerprint density at radius 1 is 1.19 bits per heavy atom. The van der Waals surface area contributed by atoms with Crippen LogP contribution in [0.3, 0.4) is 0 Å². The first kappa shape index (κ1) is 23.1. The van der Waals surface area contributed by atoms with Crippen molar-refractivity contribution in [3.8, 4) is 23.1 Å². The average molecular weight is 516 g/mol. The van der Waals surface area contributed by atoms with Gasteiger partial charge in [-0.25, -0.2) is 19.1 Å². The maximum atomic E-state index is 13.0. The van der Waals surface area contributed by atoms with Crippen molar-refractivity contribution in [1.82, 2.24) is 14.1 Å². The molecule has 0 aliphatic carbocycles. The summed E-state index contributed by atoms with van der Waals surface area (Å²) in [5.41, 5.74) is -3.74. The molecule has 0 saturated heterocycles. The van der Waals surface area contributed by atoms with Crippen molar-refractivity contribution in [2.75, 3.05) is 6.61 Å². The molecule has 0 fully saturated rings. The lowest BCUT2D eigenvalue weighted by Crippen LogP contribution is -2.40. The average Bonchev–Trinajstić information content (AvgIpc) is 2.71. The van der Waals surface area contributed by atoms with E-state index in [-0.39, 0.29) is 23.1 Å². The number of halogens is 4. The summed E-state index contributed by atoms with van der Waals surface area (Å²) in [5.74, 6) is -0.788. The molecule has 0 radical (unpaired) electrons. The fraction of sp³-hybridized carbons (Fsp3) is 0.158. The molecule has 168 valence electrons. The molecule has 0 saturated carbocycles. The van der Waals surface area contributed by atoms with Crippen molar-refractivity contribution in [2.24, 2.45) is 7.05 Å². The van der Waals surface area contributed by atoms with Crippen molar-refractivity contribution in [1.29, 1.82) is 0 Å². The third kappa shape index (κ3) is 4.99. The Bertz CT molecular complexity index is 1290. The summed E-state index contributed by atoms with van der Waals surface area (Å²) in [6, 6.07) is 7.21. The zero-order valence-corrected chi connectivity index (χ0v) is 17.7. The molecule has 0 spiro atoms. The number of carbonyl (C=O) groups is 1. The van der Waals surface area contributed by atoms with E-state index in [1.165, 1.54) is 36.5 Å². The molecule has 0 aliphatic heterocycles. The Hall–Kier alpha value is -3.61. The molecule has 2 aromatic heterocycles. The van der Waals surface area contributed by atoms with Crippen LogP contribution in [0.1, 0.15) is 5.69 Å². The van der Waals surface area contributed by atoms with Gasteiger partial charge in [0.1, 0.15) is 17.2 Å². The van der Waals surface area contributed by atoms with Gasteiger partial charge in [-0.1, -0.05) is 0 Å². The standard InChI is InChI=1S/C19H13BrF3N3O6/c1-25-14(19(21,22)23)7-16(27)26(18(25)30)10-2-4-12(20)13(6-10)32-15-5-3-11(8-24-15)31-9-17(28)29/h2-8H,9H2,1H3,(H,28,29). The van der Waals surface area contributed by atoms with Gasteiger partial charge in [-0.2, -0.15) is 13.2 Å². The number of ether oxygens (including phenoxy) is 2. The SMILES string of the molecule is Cn1c(C(F)(F)F)cc(=O)n(-c2ccc(Br)c(Oc3ccc(OCC(=O)O)cn3)c2)c1=O. The molecule has 32 heavy (non-hydrogen) atoms. The van der Waals surface area contributed by atoms with Crippen LogP contribution in [0, 0.1) is 0 Å². The van der Waals surface area contributed by atoms with Crippen molar-refractivity contribution in [3.05, 3.63) is 73.6 Å². The normalized spacial score (nSPS) is 11.3. The number of nitrogens with zero attached hydrogens (tertiary/aromatic N) is 3. The summed E-state index contributed by atoms with van der Waals surface area (Å²) < 4.78 is 51.0. The first-order valence-electron chi connectivity index (χ1n) is 8.66. The molecule has 9 nitrogen and oxygen atoms in total. The van der Waals surface area contributed by atoms with Crippen LogP contribution in [0.4, 0.5) is 13.2 Å². The van der Waals surface area contributed by atoms with Crippen LogP contribution in [0.5, 0.6) is 17.4 Å². The maximum Gasteiger partial charge on any atom is 0.431 e. The van der Waals surface area contributed by atoms with Crippen molar-refractivity contribution >= 4 is 21.9 Å². The van der Waals surface area contributed by atoms with Gasteiger partial charge < -0.3 is 14.6 Å². The van der Waals surface area contributed by atoms with E-state index in [0.717, 1.165) is 7.05 Å². The molecule has 1 N–H and O–H groups in total. The predicted octanol–water partition coefficient (Wildman–Crippen LogP) is 2.97. The number of aliphatic carboxylic acids is 1. The first-order chi connectivity index (χ1) is 15.0. The van der Waals surface area contributed by atoms with E-state index in [0.29, 0.717) is 19.7 Å². The molecule has 0 unspecified atom stereocenters. The third-order valence-corrected chi connectivity index (χ3v) is 4.72. The van der Waals surface area contributed by atoms with E-state index in [9.17, 15) is 27.6 Å². The second-order valence-electron chi connectivity index (χ2n) is 6.27. The molecule has 0 aliphatic rings. The van der Waals surface area contributed by atoms with E-state index in [1.807, 2.05) is 0 Å². The second-order valence-corrected chi connectivity index (χ2v) is 7.13. The minimum Gasteiger partial charge on any atom is -0.480 e. The number of benzene rings is 1. The molecule has 0 amide bonds. The van der Waals surface area contributed by atoms with Crippen LogP contribution in [-0.2, 0) is 18.0 Å². The van der Waals surface area contributed by atoms with Gasteiger partial charge in [0.2, 0.25) is 5.88 Å². The van der Waals surface area contributed by atoms with E-state index >= 15 is 0 Å². The van der Waals surface area contributed by atoms with E-state index in [1.54, 1.807) is 0 Å². The minimum absolute atomic E-state index is 0.0241. The Labute approximate surface area is 185 Å². The van der Waals surface area contributed by atoms with Crippen LogP contribution >= 0.6 is 15.9 Å². The van der Waals surface area contributed by atoms with Crippen LogP contribution < -0.4 is 20.7 Å². The number of rotatable bonds is 6. The largest absolute Gasteiger partial charge is 0.480 e. The summed E-state index contributed by atoms with van der Waals surface area (Å²) >= 11 is 3.24. The first-order valence-corrected chi connectivity index (χ1v) is 9.45. The zero-order valence-electron chi connectivity index (χ0n) is 16.1. The van der Waals surface area contributed by atoms with E-state index < -0.39 is 35.7 Å². The number of alkyl halides is 3. The van der Waals surface area contributed by atoms with Gasteiger partial charge in [0.05, 0.1) is 16.4 Å². The molecule has 3 aromatic rings. The third-order valence-electron chi connectivity index (χ3n) is 4.07. The van der Waals surface area contributed by atoms with Crippen LogP contribution in [0.25, 0.3) is 5.69 Å². The lowest BCUT2D eigenvalue weighted by Gasteiger charge is -2.15. The van der Waals surface area contributed by atoms with Crippen LogP contribution in [0.15, 0.2) is 56.7 Å². The highest BCUT2D eigenvalue weighted by molar-refractivity contribution is 9.10. The quantitative estimate of drug-likeness (QED) is 0.536. The second kappa shape index (κ2) is 8.86. The Kier molecular flexibility index (Phi) is 6.39. The molecule has 3 rings (SSSR count). The van der Waals surface area contributed by atoms with Gasteiger partial charge >= 0.3 is 17.8 Å². The molecule has 13 heteroatoms. The summed E-state index contributed by atoms with van der Waals surface area (Å²) in [6.07, 6.45) is -3.64. The summed E-state index contributed by atoms with van der Waals surface area (Å²) in [5, 5.41) is 8.61. The number of aromatic nitrogens is 3. The summed E-state index contributed by atoms with van der Waals surface area (Å²) in [6.45, 7) is -0.549. The van der Waals surface area contributed by atoms with Crippen molar-refractivity contribution in [3.63, 3.8) is 0 Å². The van der Waals surface area contributed by atoms with Crippen LogP contribution in [-0.4, -0.2) is 31.8 Å². The summed E-state index contributed by atoms with van der Waals surface area (Å²) in [7, 11) is 0.912. The number of carboxylic acid groups (broad SMARTS) is 1. The molecule has 1 aromatic carbocycles. The Balaban J connectivity index is 1.95. The summed E-state index contributed by atoms with van der Waals surface area (Å²) in [4.78, 5) is 39.2. The lowest BCUT2D eigenvalue weighted by molar-refractivity contribution is -0.144. The molecular weight excluding hydrogens is 503 g/mol. The van der Waals surface area contributed by atoms with Gasteiger partial charge in [-0.15, -0.1) is 0 Å². The predicted molar refractivity (Wildman–Crippen MR) is 107 cm³/mol. The van der Waals surface area contributed by atoms with E-state index in [4.69, 9.17) is 14.6 Å². The molecule has 0 atom stereocenters. The van der Waals surface area contributed by atoms with Crippen LogP contribution in [0.2, 0.25) is 0 Å². The highest BCUT2D eigenvalue weighted by Gasteiger charge is 2.35. The smallest absolute Gasteiger partial charge is 0.431 e. The van der Waals surface area contributed by atoms with E-state index in [2.05, 4.69) is 20.9 Å². The molecule has 0 bridgehead atoms. The lowest BCUT2D eigenvalue weighted by atomic mass is 10.3. The zero-order chi connectivity index (χ0) is 23.6. The fourth-order valence-electron chi connectivity index (χ4n) is 2.61. The highest BCUT2D eigenvalue weighted by atomic mass is 79.9. The van der Waals surface area contributed by atoms with Crippen molar-refractivity contribution in [2.45, 2.75) is 6.18 Å². The Morgan fingerprint density at radius 2 is 1.91 bits per heavy atom. The van der Waals surface area contributed by atoms with Gasteiger partial charge in [0.15, 0.2) is 6.61 Å². The van der Waals surface area contributed by atoms with Gasteiger partial charge in [0.25, 0.3) is 5.56 Å². The number of pyridine rings is 1. The monoisotopic (exact) mass is 515 g/mol. The van der Waals surface area contributed by atoms with Gasteiger partial charge in [-0.05, 0) is 34.1 Å². The number of hydrogen-bond acceptors (Lipinski definition) is 6. The van der Waals surface area contributed by atoms with Gasteiger partial charge in [0, 0.05) is 25.2 Å². The van der Waals surface area contributed by atoms with Crippen molar-refractivity contribution < 1.29 is 32.5 Å². The number of hydrogen-bond donors (Lipinski definition) is 1.